The number of sulfone groups is 1. The number of carboxylic acid groups (broad SMARTS) is 1. The van der Waals surface area contributed by atoms with Gasteiger partial charge in [-0.15, -0.1) is 0 Å². The summed E-state index contributed by atoms with van der Waals surface area (Å²) in [4.78, 5) is 23.1. The molecule has 1 aromatic rings. The average Bonchev–Trinajstić information content (AvgIpc) is 2.59. The van der Waals surface area contributed by atoms with Crippen molar-refractivity contribution < 1.29 is 23.1 Å². The minimum atomic E-state index is -3.58. The van der Waals surface area contributed by atoms with Crippen molar-refractivity contribution in [2.75, 3.05) is 12.3 Å². The van der Waals surface area contributed by atoms with Gasteiger partial charge in [0.1, 0.15) is 6.54 Å². The molecule has 1 aromatic carbocycles. The van der Waals surface area contributed by atoms with Gasteiger partial charge < -0.3 is 10.4 Å². The van der Waals surface area contributed by atoms with Crippen LogP contribution in [0.4, 0.5) is 0 Å². The number of nitrogens with zero attached hydrogens (tertiary/aromatic N) is 1. The van der Waals surface area contributed by atoms with Crippen molar-refractivity contribution in [2.45, 2.75) is 37.0 Å². The van der Waals surface area contributed by atoms with Crippen molar-refractivity contribution in [2.24, 2.45) is 11.8 Å². The number of nitrogens with one attached hydrogen (secondary N) is 1. The molecule has 140 valence electrons. The number of hydrogen-bond acceptors (Lipinski definition) is 5. The molecule has 0 aromatic heterocycles. The van der Waals surface area contributed by atoms with E-state index < -0.39 is 21.7 Å². The third-order valence-corrected chi connectivity index (χ3v) is 6.52. The first-order chi connectivity index (χ1) is 12.3. The first-order valence-electron chi connectivity index (χ1n) is 8.51. The van der Waals surface area contributed by atoms with Crippen LogP contribution in [0.3, 0.4) is 0 Å². The SMILES string of the molecule is N#CCNC(=O)[C@@H]1CCCC[C@H]1CS(=O)(=O)c1ccc(CC(=O)O)cc1. The molecule has 1 amide bonds. The van der Waals surface area contributed by atoms with E-state index in [9.17, 15) is 18.0 Å². The number of amides is 1. The van der Waals surface area contributed by atoms with Crippen molar-refractivity contribution in [1.29, 1.82) is 5.26 Å². The third kappa shape index (κ3) is 5.30. The molecule has 0 heterocycles. The van der Waals surface area contributed by atoms with Crippen LogP contribution in [0.25, 0.3) is 0 Å². The Morgan fingerprint density at radius 1 is 1.19 bits per heavy atom. The van der Waals surface area contributed by atoms with Gasteiger partial charge in [-0.3, -0.25) is 9.59 Å². The van der Waals surface area contributed by atoms with Crippen LogP contribution in [0.2, 0.25) is 0 Å². The summed E-state index contributed by atoms with van der Waals surface area (Å²) in [6, 6.07) is 7.69. The lowest BCUT2D eigenvalue weighted by molar-refractivity contribution is -0.136. The molecule has 0 saturated heterocycles. The molecule has 8 heteroatoms. The Balaban J connectivity index is 2.11. The van der Waals surface area contributed by atoms with Gasteiger partial charge in [0.2, 0.25) is 5.91 Å². The Kier molecular flexibility index (Phi) is 6.75. The Hall–Kier alpha value is -2.40. The molecule has 1 aliphatic rings. The highest BCUT2D eigenvalue weighted by molar-refractivity contribution is 7.91. The molecule has 7 nitrogen and oxygen atoms in total. The maximum Gasteiger partial charge on any atom is 0.307 e. The predicted molar refractivity (Wildman–Crippen MR) is 93.9 cm³/mol. The van der Waals surface area contributed by atoms with Crippen LogP contribution in [0.15, 0.2) is 29.2 Å². The molecule has 0 aliphatic heterocycles. The highest BCUT2D eigenvalue weighted by Gasteiger charge is 2.34. The number of rotatable bonds is 7. The Labute approximate surface area is 152 Å². The number of benzene rings is 1. The summed E-state index contributed by atoms with van der Waals surface area (Å²) in [7, 11) is -3.58. The van der Waals surface area contributed by atoms with Gasteiger partial charge in [0.05, 0.1) is 23.1 Å². The fourth-order valence-electron chi connectivity index (χ4n) is 3.38. The molecular formula is C18H22N2O5S. The summed E-state index contributed by atoms with van der Waals surface area (Å²) in [5, 5.41) is 19.9. The lowest BCUT2D eigenvalue weighted by Crippen LogP contribution is -2.39. The molecule has 0 unspecified atom stereocenters. The number of nitriles is 1. The largest absolute Gasteiger partial charge is 0.481 e. The molecule has 0 bridgehead atoms. The zero-order valence-corrected chi connectivity index (χ0v) is 15.2. The second-order valence-electron chi connectivity index (χ2n) is 6.52. The lowest BCUT2D eigenvalue weighted by atomic mass is 9.80. The zero-order chi connectivity index (χ0) is 19.2. The smallest absolute Gasteiger partial charge is 0.307 e. The topological polar surface area (TPSA) is 124 Å². The van der Waals surface area contributed by atoms with E-state index in [2.05, 4.69) is 5.32 Å². The molecule has 0 radical (unpaired) electrons. The number of carboxylic acids is 1. The summed E-state index contributed by atoms with van der Waals surface area (Å²) in [5.41, 5.74) is 0.530. The van der Waals surface area contributed by atoms with Gasteiger partial charge >= 0.3 is 5.97 Å². The maximum atomic E-state index is 12.7. The van der Waals surface area contributed by atoms with E-state index in [0.717, 1.165) is 12.8 Å². The van der Waals surface area contributed by atoms with Crippen molar-refractivity contribution in [1.82, 2.24) is 5.32 Å². The monoisotopic (exact) mass is 378 g/mol. The van der Waals surface area contributed by atoms with Gasteiger partial charge in [-0.05, 0) is 36.5 Å². The van der Waals surface area contributed by atoms with E-state index in [-0.39, 0.29) is 35.4 Å². The minimum absolute atomic E-state index is 0.0835. The number of carbonyl (C=O) groups excluding carboxylic acids is 1. The number of hydrogen-bond donors (Lipinski definition) is 2. The van der Waals surface area contributed by atoms with Crippen LogP contribution < -0.4 is 5.32 Å². The van der Waals surface area contributed by atoms with Gasteiger partial charge in [-0.2, -0.15) is 5.26 Å². The second kappa shape index (κ2) is 8.81. The Morgan fingerprint density at radius 3 is 2.46 bits per heavy atom. The van der Waals surface area contributed by atoms with Crippen molar-refractivity contribution in [3.8, 4) is 6.07 Å². The summed E-state index contributed by atoms with van der Waals surface area (Å²) in [6.45, 7) is -0.0835. The molecule has 1 saturated carbocycles. The van der Waals surface area contributed by atoms with Crippen LogP contribution in [-0.4, -0.2) is 37.7 Å². The first kappa shape index (κ1) is 19.9. The molecule has 2 atom stereocenters. The standard InChI is InChI=1S/C18H22N2O5S/c19-9-10-20-18(23)16-4-2-1-3-14(16)12-26(24,25)15-7-5-13(6-8-15)11-17(21)22/h5-8,14,16H,1-4,10-12H2,(H,20,23)(H,21,22)/t14-,16+/m0/s1. The molecule has 2 rings (SSSR count). The van der Waals surface area contributed by atoms with Gasteiger partial charge in [0.15, 0.2) is 9.84 Å². The van der Waals surface area contributed by atoms with Gasteiger partial charge in [-0.25, -0.2) is 8.42 Å². The number of carbonyl (C=O) groups is 2. The lowest BCUT2D eigenvalue weighted by Gasteiger charge is -2.30. The molecule has 2 N–H and O–H groups in total. The molecule has 26 heavy (non-hydrogen) atoms. The van der Waals surface area contributed by atoms with Crippen LogP contribution in [-0.2, 0) is 25.8 Å². The molecule has 1 aliphatic carbocycles. The van der Waals surface area contributed by atoms with E-state index in [0.29, 0.717) is 18.4 Å². The summed E-state index contributed by atoms with van der Waals surface area (Å²) >= 11 is 0. The molecule has 0 spiro atoms. The van der Waals surface area contributed by atoms with E-state index in [1.807, 2.05) is 6.07 Å². The van der Waals surface area contributed by atoms with Crippen molar-refractivity contribution in [3.05, 3.63) is 29.8 Å². The average molecular weight is 378 g/mol. The number of aliphatic carboxylic acids is 1. The van der Waals surface area contributed by atoms with E-state index >= 15 is 0 Å². The van der Waals surface area contributed by atoms with E-state index in [1.165, 1.54) is 24.3 Å². The predicted octanol–water partition coefficient (Wildman–Crippen LogP) is 1.53. The fourth-order valence-corrected chi connectivity index (χ4v) is 5.08. The Bertz CT molecular complexity index is 796. The molecular weight excluding hydrogens is 356 g/mol. The third-order valence-electron chi connectivity index (χ3n) is 4.66. The fraction of sp³-hybridized carbons (Fsp3) is 0.500. The normalized spacial score (nSPS) is 20.1. The van der Waals surface area contributed by atoms with Crippen molar-refractivity contribution in [3.63, 3.8) is 0 Å². The molecule has 1 fully saturated rings. The summed E-state index contributed by atoms with van der Waals surface area (Å²) < 4.78 is 25.4. The highest BCUT2D eigenvalue weighted by atomic mass is 32.2. The van der Waals surface area contributed by atoms with Gasteiger partial charge in [0.25, 0.3) is 0 Å². The quantitative estimate of drug-likeness (QED) is 0.693. The Morgan fingerprint density at radius 2 is 1.85 bits per heavy atom. The van der Waals surface area contributed by atoms with E-state index in [1.54, 1.807) is 0 Å². The summed E-state index contributed by atoms with van der Waals surface area (Å²) in [6.07, 6.45) is 2.85. The first-order valence-corrected chi connectivity index (χ1v) is 10.2. The van der Waals surface area contributed by atoms with E-state index in [4.69, 9.17) is 10.4 Å². The minimum Gasteiger partial charge on any atom is -0.481 e. The van der Waals surface area contributed by atoms with Crippen LogP contribution in [0.5, 0.6) is 0 Å². The zero-order valence-electron chi connectivity index (χ0n) is 14.3. The van der Waals surface area contributed by atoms with Crippen LogP contribution >= 0.6 is 0 Å². The maximum absolute atomic E-state index is 12.7. The van der Waals surface area contributed by atoms with Crippen LogP contribution in [0, 0.1) is 23.2 Å². The van der Waals surface area contributed by atoms with Gasteiger partial charge in [0, 0.05) is 5.92 Å². The second-order valence-corrected chi connectivity index (χ2v) is 8.56. The summed E-state index contributed by atoms with van der Waals surface area (Å²) in [5.74, 6) is -2.06. The van der Waals surface area contributed by atoms with Crippen LogP contribution in [0.1, 0.15) is 31.2 Å². The van der Waals surface area contributed by atoms with Crippen molar-refractivity contribution >= 4 is 21.7 Å². The highest BCUT2D eigenvalue weighted by Crippen LogP contribution is 2.32. The van der Waals surface area contributed by atoms with Gasteiger partial charge in [-0.1, -0.05) is 25.0 Å².